The van der Waals surface area contributed by atoms with E-state index >= 15 is 0 Å². The molecule has 0 bridgehead atoms. The Hall–Kier alpha value is -0.160. The number of hydrogen-bond donors (Lipinski definition) is 2. The van der Waals surface area contributed by atoms with Crippen LogP contribution in [0.2, 0.25) is 0 Å². The zero-order chi connectivity index (χ0) is 13.0. The van der Waals surface area contributed by atoms with Crippen molar-refractivity contribution in [3.8, 4) is 0 Å². The smallest absolute Gasteiger partial charge is 0.0469 e. The third kappa shape index (κ3) is 3.67. The summed E-state index contributed by atoms with van der Waals surface area (Å²) in [6.45, 7) is 11.0. The van der Waals surface area contributed by atoms with Gasteiger partial charge in [-0.3, -0.25) is 4.90 Å². The van der Waals surface area contributed by atoms with Crippen LogP contribution in [0.4, 0.5) is 0 Å². The van der Waals surface area contributed by atoms with Crippen molar-refractivity contribution >= 4 is 0 Å². The van der Waals surface area contributed by atoms with Crippen molar-refractivity contribution < 1.29 is 4.74 Å². The summed E-state index contributed by atoms with van der Waals surface area (Å²) in [7, 11) is 0. The highest BCUT2D eigenvalue weighted by molar-refractivity contribution is 4.90. The van der Waals surface area contributed by atoms with Crippen molar-refractivity contribution in [2.75, 3.05) is 39.4 Å². The van der Waals surface area contributed by atoms with Crippen molar-refractivity contribution in [2.45, 2.75) is 44.7 Å². The summed E-state index contributed by atoms with van der Waals surface area (Å²) < 4.78 is 5.42. The molecule has 2 heterocycles. The molecule has 0 aromatic heterocycles. The molecule has 2 aliphatic heterocycles. The van der Waals surface area contributed by atoms with Crippen LogP contribution < -0.4 is 11.1 Å². The van der Waals surface area contributed by atoms with E-state index in [4.69, 9.17) is 10.5 Å². The average molecular weight is 255 g/mol. The number of nitrogens with zero attached hydrogens (tertiary/aromatic N) is 1. The quantitative estimate of drug-likeness (QED) is 0.781. The Balaban J connectivity index is 1.85. The zero-order valence-corrected chi connectivity index (χ0v) is 12.0. The van der Waals surface area contributed by atoms with Crippen LogP contribution in [0.25, 0.3) is 0 Å². The minimum absolute atomic E-state index is 0.222. The monoisotopic (exact) mass is 255 g/mol. The molecule has 3 N–H and O–H groups in total. The van der Waals surface area contributed by atoms with E-state index in [2.05, 4.69) is 24.1 Å². The van der Waals surface area contributed by atoms with Gasteiger partial charge in [0.05, 0.1) is 0 Å². The SMILES string of the molecule is CC(C)(CC(N)C1CCOCC1)N1CCNCC1. The third-order valence-electron chi connectivity index (χ3n) is 4.58. The lowest BCUT2D eigenvalue weighted by molar-refractivity contribution is 0.0399. The lowest BCUT2D eigenvalue weighted by Gasteiger charge is -2.44. The van der Waals surface area contributed by atoms with Crippen molar-refractivity contribution in [3.05, 3.63) is 0 Å². The Bertz CT molecular complexity index is 245. The number of rotatable bonds is 4. The standard InChI is InChI=1S/C14H29N3O/c1-14(2,17-7-5-16-6-8-17)11-13(15)12-3-9-18-10-4-12/h12-13,16H,3-11,15H2,1-2H3. The third-order valence-corrected chi connectivity index (χ3v) is 4.58. The highest BCUT2D eigenvalue weighted by Gasteiger charge is 2.32. The van der Waals surface area contributed by atoms with E-state index in [1.54, 1.807) is 0 Å². The van der Waals surface area contributed by atoms with E-state index < -0.39 is 0 Å². The van der Waals surface area contributed by atoms with Gasteiger partial charge in [0.25, 0.3) is 0 Å². The Labute approximate surface area is 111 Å². The topological polar surface area (TPSA) is 50.5 Å². The fraction of sp³-hybridized carbons (Fsp3) is 1.00. The van der Waals surface area contributed by atoms with Gasteiger partial charge in [-0.05, 0) is 39.0 Å². The molecule has 2 saturated heterocycles. The number of nitrogens with two attached hydrogens (primary N) is 1. The summed E-state index contributed by atoms with van der Waals surface area (Å²) in [6, 6.07) is 0.318. The first-order valence-electron chi connectivity index (χ1n) is 7.39. The molecule has 2 rings (SSSR count). The summed E-state index contributed by atoms with van der Waals surface area (Å²) >= 11 is 0. The predicted octanol–water partition coefficient (Wildman–Crippen LogP) is 0.814. The van der Waals surface area contributed by atoms with Gasteiger partial charge < -0.3 is 15.8 Å². The lowest BCUT2D eigenvalue weighted by Crippen LogP contribution is -2.55. The van der Waals surface area contributed by atoms with Gasteiger partial charge in [0, 0.05) is 51.0 Å². The number of nitrogens with one attached hydrogen (secondary N) is 1. The van der Waals surface area contributed by atoms with Crippen LogP contribution in [0.15, 0.2) is 0 Å². The van der Waals surface area contributed by atoms with Crippen molar-refractivity contribution in [1.29, 1.82) is 0 Å². The second kappa shape index (κ2) is 6.33. The van der Waals surface area contributed by atoms with Gasteiger partial charge >= 0.3 is 0 Å². The molecule has 0 aromatic carbocycles. The molecule has 18 heavy (non-hydrogen) atoms. The van der Waals surface area contributed by atoms with Gasteiger partial charge in [0.1, 0.15) is 0 Å². The van der Waals surface area contributed by atoms with E-state index in [1.165, 1.54) is 0 Å². The molecule has 2 fully saturated rings. The molecule has 4 nitrogen and oxygen atoms in total. The van der Waals surface area contributed by atoms with Gasteiger partial charge in [-0.2, -0.15) is 0 Å². The molecule has 2 aliphatic rings. The molecular weight excluding hydrogens is 226 g/mol. The first kappa shape index (κ1) is 14.3. The summed E-state index contributed by atoms with van der Waals surface area (Å²) in [4.78, 5) is 2.59. The molecule has 0 radical (unpaired) electrons. The fourth-order valence-corrected chi connectivity index (χ4v) is 3.29. The Kier molecular flexibility index (Phi) is 5.01. The molecule has 0 spiro atoms. The number of hydrogen-bond acceptors (Lipinski definition) is 4. The van der Waals surface area contributed by atoms with Crippen molar-refractivity contribution in [3.63, 3.8) is 0 Å². The van der Waals surface area contributed by atoms with Crippen LogP contribution >= 0.6 is 0 Å². The molecule has 0 amide bonds. The summed E-state index contributed by atoms with van der Waals surface area (Å²) in [6.07, 6.45) is 3.37. The maximum atomic E-state index is 6.44. The Morgan fingerprint density at radius 2 is 1.89 bits per heavy atom. The van der Waals surface area contributed by atoms with Crippen LogP contribution in [0.1, 0.15) is 33.1 Å². The Morgan fingerprint density at radius 3 is 2.50 bits per heavy atom. The summed E-state index contributed by atoms with van der Waals surface area (Å²) in [5.74, 6) is 0.654. The van der Waals surface area contributed by atoms with E-state index in [0.717, 1.165) is 58.7 Å². The van der Waals surface area contributed by atoms with Crippen LogP contribution in [0.3, 0.4) is 0 Å². The molecule has 0 aromatic rings. The number of ether oxygens (including phenoxy) is 1. The van der Waals surface area contributed by atoms with Gasteiger partial charge in [-0.1, -0.05) is 0 Å². The maximum absolute atomic E-state index is 6.44. The van der Waals surface area contributed by atoms with Gasteiger partial charge in [-0.25, -0.2) is 0 Å². The zero-order valence-electron chi connectivity index (χ0n) is 12.0. The van der Waals surface area contributed by atoms with Crippen LogP contribution in [0, 0.1) is 5.92 Å². The maximum Gasteiger partial charge on any atom is 0.0469 e. The summed E-state index contributed by atoms with van der Waals surface area (Å²) in [5.41, 5.74) is 6.67. The van der Waals surface area contributed by atoms with E-state index in [0.29, 0.717) is 12.0 Å². The second-order valence-electron chi connectivity index (χ2n) is 6.37. The lowest BCUT2D eigenvalue weighted by atomic mass is 9.83. The Morgan fingerprint density at radius 1 is 1.28 bits per heavy atom. The average Bonchev–Trinajstić information content (AvgIpc) is 2.40. The largest absolute Gasteiger partial charge is 0.381 e. The fourth-order valence-electron chi connectivity index (χ4n) is 3.29. The molecule has 1 unspecified atom stereocenters. The van der Waals surface area contributed by atoms with E-state index in [1.807, 2.05) is 0 Å². The van der Waals surface area contributed by atoms with Gasteiger partial charge in [-0.15, -0.1) is 0 Å². The van der Waals surface area contributed by atoms with Crippen LogP contribution in [-0.2, 0) is 4.74 Å². The highest BCUT2D eigenvalue weighted by atomic mass is 16.5. The molecule has 0 aliphatic carbocycles. The van der Waals surface area contributed by atoms with Crippen LogP contribution in [-0.4, -0.2) is 55.9 Å². The first-order valence-corrected chi connectivity index (χ1v) is 7.39. The van der Waals surface area contributed by atoms with Gasteiger partial charge in [0.15, 0.2) is 0 Å². The first-order chi connectivity index (χ1) is 8.59. The van der Waals surface area contributed by atoms with E-state index in [9.17, 15) is 0 Å². The van der Waals surface area contributed by atoms with Crippen LogP contribution in [0.5, 0.6) is 0 Å². The predicted molar refractivity (Wildman–Crippen MR) is 74.7 cm³/mol. The van der Waals surface area contributed by atoms with Crippen molar-refractivity contribution in [2.24, 2.45) is 11.7 Å². The molecule has 0 saturated carbocycles. The second-order valence-corrected chi connectivity index (χ2v) is 6.37. The summed E-state index contributed by atoms with van der Waals surface area (Å²) in [5, 5.41) is 3.41. The highest BCUT2D eigenvalue weighted by Crippen LogP contribution is 2.27. The molecular formula is C14H29N3O. The normalized spacial score (nSPS) is 26.2. The number of piperazine rings is 1. The minimum Gasteiger partial charge on any atom is -0.381 e. The van der Waals surface area contributed by atoms with Crippen molar-refractivity contribution in [1.82, 2.24) is 10.2 Å². The molecule has 1 atom stereocenters. The van der Waals surface area contributed by atoms with Gasteiger partial charge in [0.2, 0.25) is 0 Å². The molecule has 4 heteroatoms. The van der Waals surface area contributed by atoms with E-state index in [-0.39, 0.29) is 5.54 Å². The minimum atomic E-state index is 0.222. The molecule has 106 valence electrons.